The van der Waals surface area contributed by atoms with Gasteiger partial charge in [-0.3, -0.25) is 19.2 Å². The Hall–Kier alpha value is -3.48. The number of thioether (sulfide) groups is 1. The number of hydrogen-bond donors (Lipinski definition) is 5. The summed E-state index contributed by atoms with van der Waals surface area (Å²) in [7, 11) is 1.82. The highest BCUT2D eigenvalue weighted by Crippen LogP contribution is 2.46. The Morgan fingerprint density at radius 3 is 1.98 bits per heavy atom. The number of carbonyl (C=O) groups is 4. The molecule has 2 aromatic carbocycles. The van der Waals surface area contributed by atoms with Crippen molar-refractivity contribution in [3.63, 3.8) is 0 Å². The summed E-state index contributed by atoms with van der Waals surface area (Å²) in [5, 5.41) is 15.7. The number of thiocarbonyl (C=S) groups is 1. The SMILES string of the molecule is CN[C@@H](C)C(=S)N[C@H]1CCSC2CC(C)(C)[C@@H](C(=O)N[C@@H](C(=O)N[C@H]3CC[C@H](NC(=O)[C@@H](C)c4ccccc4)CC3)c3ccccc3)N2C1=O. The summed E-state index contributed by atoms with van der Waals surface area (Å²) in [6.45, 7) is 7.89. The molecule has 0 radical (unpaired) electrons. The second kappa shape index (κ2) is 16.7. The van der Waals surface area contributed by atoms with E-state index in [-0.39, 0.29) is 53.0 Å². The summed E-state index contributed by atoms with van der Waals surface area (Å²) in [6.07, 6.45) is 4.19. The van der Waals surface area contributed by atoms with Gasteiger partial charge in [-0.2, -0.15) is 0 Å². The molecule has 2 aromatic rings. The molecule has 0 spiro atoms. The maximum atomic E-state index is 14.3. The van der Waals surface area contributed by atoms with Gasteiger partial charge in [-0.15, -0.1) is 11.8 Å². The van der Waals surface area contributed by atoms with Crippen LogP contribution >= 0.6 is 24.0 Å². The molecule has 2 saturated heterocycles. The van der Waals surface area contributed by atoms with Gasteiger partial charge in [0.25, 0.3) is 0 Å². The van der Waals surface area contributed by atoms with Gasteiger partial charge in [0, 0.05) is 12.1 Å². The van der Waals surface area contributed by atoms with E-state index in [2.05, 4.69) is 26.6 Å². The molecule has 6 atom stereocenters. The summed E-state index contributed by atoms with van der Waals surface area (Å²) in [4.78, 5) is 57.7. The summed E-state index contributed by atoms with van der Waals surface area (Å²) >= 11 is 7.26. The molecule has 2 heterocycles. The maximum Gasteiger partial charge on any atom is 0.247 e. The molecule has 3 aliphatic rings. The molecule has 4 amide bonds. The van der Waals surface area contributed by atoms with E-state index in [0.29, 0.717) is 36.2 Å². The fourth-order valence-electron chi connectivity index (χ4n) is 7.33. The second-order valence-corrected chi connectivity index (χ2v) is 16.3. The molecule has 2 aliphatic heterocycles. The third-order valence-corrected chi connectivity index (χ3v) is 12.2. The van der Waals surface area contributed by atoms with Crippen LogP contribution in [0.3, 0.4) is 0 Å². The van der Waals surface area contributed by atoms with E-state index in [0.717, 1.165) is 24.2 Å². The highest BCUT2D eigenvalue weighted by molar-refractivity contribution is 7.99. The first-order valence-electron chi connectivity index (χ1n) is 17.8. The zero-order chi connectivity index (χ0) is 36.0. The van der Waals surface area contributed by atoms with E-state index in [9.17, 15) is 19.2 Å². The van der Waals surface area contributed by atoms with Crippen LogP contribution in [0.15, 0.2) is 60.7 Å². The average Bonchev–Trinajstić information content (AvgIpc) is 3.31. The third-order valence-electron chi connectivity index (χ3n) is 10.5. The molecule has 5 N–H and O–H groups in total. The Balaban J connectivity index is 1.25. The topological polar surface area (TPSA) is 132 Å². The van der Waals surface area contributed by atoms with Gasteiger partial charge in [0.15, 0.2) is 0 Å². The molecule has 1 saturated carbocycles. The molecule has 0 bridgehead atoms. The van der Waals surface area contributed by atoms with E-state index in [1.54, 1.807) is 16.7 Å². The quantitative estimate of drug-likeness (QED) is 0.219. The smallest absolute Gasteiger partial charge is 0.247 e. The van der Waals surface area contributed by atoms with Gasteiger partial charge in [0.2, 0.25) is 23.6 Å². The molecule has 10 nitrogen and oxygen atoms in total. The lowest BCUT2D eigenvalue weighted by molar-refractivity contribution is -0.143. The van der Waals surface area contributed by atoms with Crippen molar-refractivity contribution >= 4 is 52.6 Å². The Bertz CT molecular complexity index is 1520. The fourth-order valence-corrected chi connectivity index (χ4v) is 9.17. The monoisotopic (exact) mass is 720 g/mol. The van der Waals surface area contributed by atoms with Crippen molar-refractivity contribution in [2.24, 2.45) is 5.41 Å². The van der Waals surface area contributed by atoms with Crippen molar-refractivity contribution in [2.45, 2.75) is 114 Å². The zero-order valence-corrected chi connectivity index (χ0v) is 31.4. The van der Waals surface area contributed by atoms with Gasteiger partial charge < -0.3 is 31.5 Å². The molecule has 270 valence electrons. The van der Waals surface area contributed by atoms with Crippen molar-refractivity contribution in [1.82, 2.24) is 31.5 Å². The Morgan fingerprint density at radius 2 is 1.40 bits per heavy atom. The van der Waals surface area contributed by atoms with Gasteiger partial charge in [-0.1, -0.05) is 86.7 Å². The number of likely N-dealkylation sites (N-methyl/N-ethyl adjacent to an activating group) is 1. The molecular weight excluding hydrogens is 669 g/mol. The Labute approximate surface area is 306 Å². The standard InChI is InChI=1S/C38H52N6O4S2/c1-23(25-12-8-6-9-13-25)33(45)40-27-16-18-28(19-17-27)41-34(46)31(26-14-10-7-11-15-26)43-35(47)32-38(3,4)22-30-44(32)37(48)29(20-21-50-30)42-36(49)24(2)39-5/h6-15,23-24,27-32,39H,16-22H2,1-5H3,(H,40,45)(H,41,46)(H,42,49)(H,43,47)/t23-,24-,27-,28-,29-,30?,31+,32+/m0/s1. The van der Waals surface area contributed by atoms with Crippen LogP contribution in [0.2, 0.25) is 0 Å². The Morgan fingerprint density at radius 1 is 0.840 bits per heavy atom. The zero-order valence-electron chi connectivity index (χ0n) is 29.7. The first kappa shape index (κ1) is 37.8. The van der Waals surface area contributed by atoms with Crippen molar-refractivity contribution in [3.05, 3.63) is 71.8 Å². The van der Waals surface area contributed by atoms with Crippen molar-refractivity contribution in [2.75, 3.05) is 12.8 Å². The minimum absolute atomic E-state index is 0.00578. The van der Waals surface area contributed by atoms with Gasteiger partial charge in [0.1, 0.15) is 18.1 Å². The number of amides is 4. The molecule has 1 aliphatic carbocycles. The van der Waals surface area contributed by atoms with Crippen LogP contribution in [0.25, 0.3) is 0 Å². The molecule has 3 fully saturated rings. The van der Waals surface area contributed by atoms with E-state index < -0.39 is 23.5 Å². The Kier molecular flexibility index (Phi) is 12.6. The first-order valence-corrected chi connectivity index (χ1v) is 19.3. The third kappa shape index (κ3) is 8.87. The minimum Gasteiger partial charge on any atom is -0.367 e. The number of rotatable bonds is 11. The molecule has 12 heteroatoms. The van der Waals surface area contributed by atoms with Gasteiger partial charge in [0.05, 0.1) is 22.3 Å². The minimum atomic E-state index is -0.935. The first-order chi connectivity index (χ1) is 23.9. The van der Waals surface area contributed by atoms with Crippen LogP contribution in [0, 0.1) is 5.41 Å². The maximum absolute atomic E-state index is 14.3. The van der Waals surface area contributed by atoms with Crippen LogP contribution in [-0.2, 0) is 19.2 Å². The van der Waals surface area contributed by atoms with Gasteiger partial charge in [-0.25, -0.2) is 0 Å². The summed E-state index contributed by atoms with van der Waals surface area (Å²) in [5.41, 5.74) is 1.13. The lowest BCUT2D eigenvalue weighted by Crippen LogP contribution is -2.58. The van der Waals surface area contributed by atoms with E-state index in [1.807, 2.05) is 95.4 Å². The lowest BCUT2D eigenvalue weighted by atomic mass is 9.83. The molecule has 1 unspecified atom stereocenters. The van der Waals surface area contributed by atoms with Crippen LogP contribution in [0.4, 0.5) is 0 Å². The van der Waals surface area contributed by atoms with Crippen LogP contribution < -0.4 is 26.6 Å². The van der Waals surface area contributed by atoms with Crippen molar-refractivity contribution < 1.29 is 19.2 Å². The molecule has 0 aromatic heterocycles. The largest absolute Gasteiger partial charge is 0.367 e. The van der Waals surface area contributed by atoms with E-state index >= 15 is 0 Å². The number of nitrogens with one attached hydrogen (secondary N) is 5. The highest BCUT2D eigenvalue weighted by atomic mass is 32.2. The van der Waals surface area contributed by atoms with Crippen LogP contribution in [0.5, 0.6) is 0 Å². The summed E-state index contributed by atoms with van der Waals surface area (Å²) in [5.74, 6) is -0.247. The number of nitrogens with zero attached hydrogens (tertiary/aromatic N) is 1. The molecule has 5 rings (SSSR count). The number of hydrogen-bond acceptors (Lipinski definition) is 7. The van der Waals surface area contributed by atoms with Gasteiger partial charge in [-0.05, 0) is 81.7 Å². The average molecular weight is 721 g/mol. The normalized spacial score (nSPS) is 26.4. The van der Waals surface area contributed by atoms with E-state index in [1.165, 1.54) is 0 Å². The number of benzene rings is 2. The fraction of sp³-hybridized carbons (Fsp3) is 0.553. The second-order valence-electron chi connectivity index (χ2n) is 14.6. The summed E-state index contributed by atoms with van der Waals surface area (Å²) < 4.78 is 0. The van der Waals surface area contributed by atoms with Crippen LogP contribution in [-0.4, -0.2) is 81.9 Å². The predicted octanol–water partition coefficient (Wildman–Crippen LogP) is 4.17. The van der Waals surface area contributed by atoms with Crippen molar-refractivity contribution in [1.29, 1.82) is 0 Å². The lowest BCUT2D eigenvalue weighted by Gasteiger charge is -2.35. The van der Waals surface area contributed by atoms with Crippen molar-refractivity contribution in [3.8, 4) is 0 Å². The molecular formula is C38H52N6O4S2. The van der Waals surface area contributed by atoms with Gasteiger partial charge >= 0.3 is 0 Å². The molecule has 50 heavy (non-hydrogen) atoms. The number of fused-ring (bicyclic) bond motifs is 1. The van der Waals surface area contributed by atoms with E-state index in [4.69, 9.17) is 12.2 Å². The number of carbonyl (C=O) groups excluding carboxylic acids is 4. The predicted molar refractivity (Wildman–Crippen MR) is 202 cm³/mol. The highest BCUT2D eigenvalue weighted by Gasteiger charge is 2.54. The van der Waals surface area contributed by atoms with Crippen LogP contribution in [0.1, 0.15) is 89.3 Å². The summed E-state index contributed by atoms with van der Waals surface area (Å²) in [6, 6.07) is 16.6.